The van der Waals surface area contributed by atoms with Crippen LogP contribution in [0, 0.1) is 0 Å². The molecule has 0 aliphatic heterocycles. The lowest BCUT2D eigenvalue weighted by molar-refractivity contribution is 0.0968. The van der Waals surface area contributed by atoms with E-state index in [9.17, 15) is 4.79 Å². The lowest BCUT2D eigenvalue weighted by Crippen LogP contribution is -2.46. The molecule has 2 unspecified atom stereocenters. The van der Waals surface area contributed by atoms with E-state index in [4.69, 9.17) is 10.2 Å². The molecule has 0 aromatic rings. The van der Waals surface area contributed by atoms with Crippen molar-refractivity contribution in [3.8, 4) is 0 Å². The van der Waals surface area contributed by atoms with Crippen LogP contribution in [0.4, 0.5) is 4.79 Å². The molecule has 2 atom stereocenters. The van der Waals surface area contributed by atoms with Crippen molar-refractivity contribution in [3.63, 3.8) is 0 Å². The van der Waals surface area contributed by atoms with Crippen LogP contribution in [0.1, 0.15) is 20.8 Å². The summed E-state index contributed by atoms with van der Waals surface area (Å²) >= 11 is 0. The highest BCUT2D eigenvalue weighted by Crippen LogP contribution is 1.96. The van der Waals surface area contributed by atoms with E-state index >= 15 is 0 Å². The van der Waals surface area contributed by atoms with Gasteiger partial charge in [-0.25, -0.2) is 4.79 Å². The van der Waals surface area contributed by atoms with E-state index < -0.39 is 12.2 Å². The highest BCUT2D eigenvalue weighted by atomic mass is 16.3. The smallest absolute Gasteiger partial charge is 0.317 e. The van der Waals surface area contributed by atoms with E-state index in [0.717, 1.165) is 0 Å². The fraction of sp³-hybridized carbons (Fsp3) is 0.889. The Bertz CT molecular complexity index is 161. The summed E-state index contributed by atoms with van der Waals surface area (Å²) in [5, 5.41) is 20.9. The lowest BCUT2D eigenvalue weighted by atomic mass is 10.3. The van der Waals surface area contributed by atoms with Gasteiger partial charge in [-0.05, 0) is 20.8 Å². The first kappa shape index (κ1) is 13.2. The molecule has 0 spiro atoms. The zero-order valence-corrected chi connectivity index (χ0v) is 9.03. The molecule has 0 radical (unpaired) electrons. The SMILES string of the molecule is CCNC(=O)N(CC(C)O)CC(C)O. The Kier molecular flexibility index (Phi) is 6.23. The molecule has 0 aliphatic carbocycles. The predicted molar refractivity (Wildman–Crippen MR) is 54.0 cm³/mol. The summed E-state index contributed by atoms with van der Waals surface area (Å²) in [5.74, 6) is 0. The summed E-state index contributed by atoms with van der Waals surface area (Å²) in [6.45, 7) is 6.03. The van der Waals surface area contributed by atoms with Gasteiger partial charge in [0, 0.05) is 19.6 Å². The minimum atomic E-state index is -0.587. The van der Waals surface area contributed by atoms with Gasteiger partial charge >= 0.3 is 6.03 Å². The third kappa shape index (κ3) is 5.77. The number of aliphatic hydroxyl groups is 2. The fourth-order valence-corrected chi connectivity index (χ4v) is 1.14. The fourth-order valence-electron chi connectivity index (χ4n) is 1.14. The maximum atomic E-state index is 11.4. The lowest BCUT2D eigenvalue weighted by Gasteiger charge is -2.25. The molecular weight excluding hydrogens is 184 g/mol. The number of carbonyl (C=O) groups excluding carboxylic acids is 1. The highest BCUT2D eigenvalue weighted by molar-refractivity contribution is 5.74. The molecule has 3 N–H and O–H groups in total. The number of urea groups is 1. The Morgan fingerprint density at radius 1 is 1.29 bits per heavy atom. The van der Waals surface area contributed by atoms with Gasteiger partial charge in [0.1, 0.15) is 0 Å². The van der Waals surface area contributed by atoms with Gasteiger partial charge < -0.3 is 20.4 Å². The van der Waals surface area contributed by atoms with Crippen molar-refractivity contribution in [3.05, 3.63) is 0 Å². The van der Waals surface area contributed by atoms with Crippen molar-refractivity contribution in [2.24, 2.45) is 0 Å². The molecule has 0 heterocycles. The van der Waals surface area contributed by atoms with E-state index in [2.05, 4.69) is 5.32 Å². The van der Waals surface area contributed by atoms with Crippen molar-refractivity contribution in [2.45, 2.75) is 33.0 Å². The Morgan fingerprint density at radius 2 is 1.71 bits per heavy atom. The molecule has 0 fully saturated rings. The molecule has 5 heteroatoms. The van der Waals surface area contributed by atoms with Crippen LogP contribution < -0.4 is 5.32 Å². The van der Waals surface area contributed by atoms with E-state index in [-0.39, 0.29) is 19.1 Å². The quantitative estimate of drug-likeness (QED) is 0.579. The van der Waals surface area contributed by atoms with Gasteiger partial charge in [-0.1, -0.05) is 0 Å². The summed E-state index contributed by atoms with van der Waals surface area (Å²) in [6.07, 6.45) is -1.17. The third-order valence-electron chi connectivity index (χ3n) is 1.58. The Hall–Kier alpha value is -0.810. The van der Waals surface area contributed by atoms with Crippen LogP contribution in [-0.2, 0) is 0 Å². The Labute approximate surface area is 84.7 Å². The van der Waals surface area contributed by atoms with Crippen LogP contribution in [0.15, 0.2) is 0 Å². The summed E-state index contributed by atoms with van der Waals surface area (Å²) in [7, 11) is 0. The predicted octanol–water partition coefficient (Wildman–Crippen LogP) is -0.220. The number of nitrogens with one attached hydrogen (secondary N) is 1. The first-order valence-electron chi connectivity index (χ1n) is 4.86. The highest BCUT2D eigenvalue weighted by Gasteiger charge is 2.16. The van der Waals surface area contributed by atoms with Gasteiger partial charge in [0.05, 0.1) is 12.2 Å². The first-order chi connectivity index (χ1) is 6.47. The second-order valence-electron chi connectivity index (χ2n) is 3.44. The second kappa shape index (κ2) is 6.62. The molecule has 14 heavy (non-hydrogen) atoms. The van der Waals surface area contributed by atoms with Crippen molar-refractivity contribution in [1.29, 1.82) is 0 Å². The molecule has 5 nitrogen and oxygen atoms in total. The maximum Gasteiger partial charge on any atom is 0.317 e. The summed E-state index contributed by atoms with van der Waals surface area (Å²) < 4.78 is 0. The van der Waals surface area contributed by atoms with Gasteiger partial charge in [-0.2, -0.15) is 0 Å². The largest absolute Gasteiger partial charge is 0.392 e. The topological polar surface area (TPSA) is 72.8 Å². The number of amides is 2. The minimum Gasteiger partial charge on any atom is -0.392 e. The standard InChI is InChI=1S/C9H20N2O3/c1-4-10-9(14)11(5-7(2)12)6-8(3)13/h7-8,12-13H,4-6H2,1-3H3,(H,10,14). The summed E-state index contributed by atoms with van der Waals surface area (Å²) in [5.41, 5.74) is 0. The van der Waals surface area contributed by atoms with Crippen LogP contribution in [-0.4, -0.2) is 53.0 Å². The molecule has 2 amide bonds. The van der Waals surface area contributed by atoms with Crippen molar-refractivity contribution < 1.29 is 15.0 Å². The minimum absolute atomic E-state index is 0.233. The molecule has 0 aromatic carbocycles. The van der Waals surface area contributed by atoms with Crippen LogP contribution in [0.25, 0.3) is 0 Å². The van der Waals surface area contributed by atoms with E-state index in [1.54, 1.807) is 13.8 Å². The number of hydrogen-bond acceptors (Lipinski definition) is 3. The van der Waals surface area contributed by atoms with Crippen LogP contribution in [0.3, 0.4) is 0 Å². The Balaban J connectivity index is 4.15. The van der Waals surface area contributed by atoms with Gasteiger partial charge in [0.15, 0.2) is 0 Å². The average molecular weight is 204 g/mol. The number of rotatable bonds is 5. The normalized spacial score (nSPS) is 14.6. The molecule has 0 aromatic heterocycles. The summed E-state index contributed by atoms with van der Waals surface area (Å²) in [4.78, 5) is 12.8. The number of carbonyl (C=O) groups is 1. The molecule has 0 rings (SSSR count). The molecule has 0 saturated heterocycles. The molecular formula is C9H20N2O3. The van der Waals surface area contributed by atoms with E-state index in [1.807, 2.05) is 6.92 Å². The summed E-state index contributed by atoms with van der Waals surface area (Å²) in [6, 6.07) is -0.255. The van der Waals surface area contributed by atoms with E-state index in [1.165, 1.54) is 4.90 Å². The van der Waals surface area contributed by atoms with Crippen LogP contribution in [0.5, 0.6) is 0 Å². The molecule has 0 saturated carbocycles. The number of hydrogen-bond donors (Lipinski definition) is 3. The van der Waals surface area contributed by atoms with Gasteiger partial charge in [0.2, 0.25) is 0 Å². The number of nitrogens with zero attached hydrogens (tertiary/aromatic N) is 1. The van der Waals surface area contributed by atoms with Crippen molar-refractivity contribution in [1.82, 2.24) is 10.2 Å². The van der Waals surface area contributed by atoms with Gasteiger partial charge in [-0.15, -0.1) is 0 Å². The monoisotopic (exact) mass is 204 g/mol. The van der Waals surface area contributed by atoms with Crippen molar-refractivity contribution in [2.75, 3.05) is 19.6 Å². The first-order valence-corrected chi connectivity index (χ1v) is 4.86. The third-order valence-corrected chi connectivity index (χ3v) is 1.58. The van der Waals surface area contributed by atoms with Crippen molar-refractivity contribution >= 4 is 6.03 Å². The Morgan fingerprint density at radius 3 is 2.00 bits per heavy atom. The van der Waals surface area contributed by atoms with Crippen LogP contribution >= 0.6 is 0 Å². The van der Waals surface area contributed by atoms with Gasteiger partial charge in [-0.3, -0.25) is 0 Å². The second-order valence-corrected chi connectivity index (χ2v) is 3.44. The number of aliphatic hydroxyl groups excluding tert-OH is 2. The molecule has 84 valence electrons. The average Bonchev–Trinajstić information content (AvgIpc) is 2.01. The van der Waals surface area contributed by atoms with Gasteiger partial charge in [0.25, 0.3) is 0 Å². The zero-order valence-electron chi connectivity index (χ0n) is 9.03. The molecule has 0 bridgehead atoms. The zero-order chi connectivity index (χ0) is 11.1. The van der Waals surface area contributed by atoms with E-state index in [0.29, 0.717) is 6.54 Å². The molecule has 0 aliphatic rings. The van der Waals surface area contributed by atoms with Crippen LogP contribution in [0.2, 0.25) is 0 Å². The maximum absolute atomic E-state index is 11.4.